The summed E-state index contributed by atoms with van der Waals surface area (Å²) in [5.74, 6) is 1.34. The first-order valence-electron chi connectivity index (χ1n) is 13.6. The van der Waals surface area contributed by atoms with Crippen molar-refractivity contribution in [2.24, 2.45) is 0 Å². The minimum absolute atomic E-state index is 0.339. The molecular weight excluding hydrogens is 498 g/mol. The predicted octanol–water partition coefficient (Wildman–Crippen LogP) is 7.92. The third-order valence-corrected chi connectivity index (χ3v) is 7.33. The normalized spacial score (nSPS) is 11.4. The van der Waals surface area contributed by atoms with Crippen LogP contribution in [-0.4, -0.2) is 27.6 Å². The van der Waals surface area contributed by atoms with Crippen molar-refractivity contribution in [3.63, 3.8) is 0 Å². The number of ether oxygens (including phenoxy) is 1. The van der Waals surface area contributed by atoms with Crippen LogP contribution in [0.4, 0.5) is 0 Å². The second-order valence-corrected chi connectivity index (χ2v) is 10.2. The zero-order chi connectivity index (χ0) is 27.8. The van der Waals surface area contributed by atoms with Crippen molar-refractivity contribution in [3.8, 4) is 22.6 Å². The van der Waals surface area contributed by atoms with E-state index in [1.807, 2.05) is 36.4 Å². The van der Waals surface area contributed by atoms with E-state index in [4.69, 9.17) is 19.1 Å². The predicted molar refractivity (Wildman–Crippen MR) is 159 cm³/mol. The van der Waals surface area contributed by atoms with Crippen molar-refractivity contribution in [3.05, 3.63) is 107 Å². The largest absolute Gasteiger partial charge is 0.465 e. The molecule has 0 saturated heterocycles. The van der Waals surface area contributed by atoms with E-state index in [0.717, 1.165) is 74.2 Å². The summed E-state index contributed by atoms with van der Waals surface area (Å²) < 4.78 is 13.4. The molecule has 0 saturated carbocycles. The maximum absolute atomic E-state index is 12.3. The summed E-state index contributed by atoms with van der Waals surface area (Å²) in [6.45, 7) is 7.01. The average Bonchev–Trinajstić information content (AvgIpc) is 3.55. The van der Waals surface area contributed by atoms with Gasteiger partial charge in [0.1, 0.15) is 11.3 Å². The Balaban J connectivity index is 1.39. The van der Waals surface area contributed by atoms with Crippen LogP contribution < -0.4 is 0 Å². The van der Waals surface area contributed by atoms with Crippen molar-refractivity contribution in [2.45, 2.75) is 40.2 Å². The summed E-state index contributed by atoms with van der Waals surface area (Å²) in [6, 6.07) is 26.2. The number of aromatic nitrogens is 3. The molecule has 0 bridgehead atoms. The fourth-order valence-electron chi connectivity index (χ4n) is 5.31. The van der Waals surface area contributed by atoms with Crippen LogP contribution in [0.3, 0.4) is 0 Å². The number of oxazole rings is 1. The van der Waals surface area contributed by atoms with Gasteiger partial charge in [0.2, 0.25) is 5.89 Å². The standard InChI is InChI=1S/C34H31N3O3/c1-5-8-31-36-32-22(3)18-25(33-35-28-17-21(2)11-16-30(28)40-33)19-29(32)37(31)20-23-12-14-24(15-13-23)26-9-6-7-10-27(26)34(38)39-4/h6-7,9-19H,5,8,20H2,1-4H3. The number of imidazole rings is 1. The quantitative estimate of drug-likeness (QED) is 0.197. The molecule has 0 aliphatic heterocycles. The first kappa shape index (κ1) is 25.6. The number of methoxy groups -OCH3 is 1. The molecule has 0 amide bonds. The van der Waals surface area contributed by atoms with Crippen molar-refractivity contribution in [1.29, 1.82) is 0 Å². The van der Waals surface area contributed by atoms with E-state index in [9.17, 15) is 4.79 Å². The molecule has 0 spiro atoms. The van der Waals surface area contributed by atoms with E-state index < -0.39 is 0 Å². The molecule has 0 atom stereocenters. The van der Waals surface area contributed by atoms with Gasteiger partial charge in [0.15, 0.2) is 5.58 Å². The molecule has 6 aromatic rings. The van der Waals surface area contributed by atoms with Crippen molar-refractivity contribution in [2.75, 3.05) is 7.11 Å². The van der Waals surface area contributed by atoms with Crippen LogP contribution in [0.5, 0.6) is 0 Å². The lowest BCUT2D eigenvalue weighted by atomic mass is 9.98. The number of hydrogen-bond acceptors (Lipinski definition) is 5. The van der Waals surface area contributed by atoms with Gasteiger partial charge in [0.05, 0.1) is 23.7 Å². The molecule has 6 heteroatoms. The number of benzene rings is 4. The molecule has 0 fully saturated rings. The number of carbonyl (C=O) groups is 1. The number of aryl methyl sites for hydroxylation is 3. The maximum atomic E-state index is 12.3. The Morgan fingerprint density at radius 1 is 0.925 bits per heavy atom. The Kier molecular flexibility index (Phi) is 6.68. The second-order valence-electron chi connectivity index (χ2n) is 10.2. The summed E-state index contributed by atoms with van der Waals surface area (Å²) >= 11 is 0. The van der Waals surface area contributed by atoms with E-state index in [0.29, 0.717) is 18.0 Å². The van der Waals surface area contributed by atoms with Gasteiger partial charge in [-0.15, -0.1) is 0 Å². The number of nitrogens with zero attached hydrogens (tertiary/aromatic N) is 3. The highest BCUT2D eigenvalue weighted by Crippen LogP contribution is 2.31. The molecular formula is C34H31N3O3. The Labute approximate surface area is 233 Å². The van der Waals surface area contributed by atoms with E-state index in [1.54, 1.807) is 6.07 Å². The van der Waals surface area contributed by atoms with E-state index in [2.05, 4.69) is 61.7 Å². The summed E-state index contributed by atoms with van der Waals surface area (Å²) in [4.78, 5) is 22.1. The fraction of sp³-hybridized carbons (Fsp3) is 0.206. The van der Waals surface area contributed by atoms with Gasteiger partial charge in [-0.25, -0.2) is 14.8 Å². The van der Waals surface area contributed by atoms with Gasteiger partial charge in [0, 0.05) is 18.5 Å². The molecule has 0 radical (unpaired) electrons. The van der Waals surface area contributed by atoms with Crippen molar-refractivity contribution < 1.29 is 13.9 Å². The van der Waals surface area contributed by atoms with E-state index in [-0.39, 0.29) is 5.97 Å². The Morgan fingerprint density at radius 2 is 1.73 bits per heavy atom. The molecule has 0 unspecified atom stereocenters. The number of esters is 1. The summed E-state index contributed by atoms with van der Waals surface area (Å²) in [5.41, 5.74) is 10.4. The van der Waals surface area contributed by atoms with Crippen LogP contribution in [0, 0.1) is 13.8 Å². The minimum atomic E-state index is -0.339. The first-order chi connectivity index (χ1) is 19.4. The second kappa shape index (κ2) is 10.5. The zero-order valence-corrected chi connectivity index (χ0v) is 23.2. The van der Waals surface area contributed by atoms with E-state index in [1.165, 1.54) is 7.11 Å². The van der Waals surface area contributed by atoms with Crippen LogP contribution in [0.2, 0.25) is 0 Å². The number of carbonyl (C=O) groups excluding carboxylic acids is 1. The Morgan fingerprint density at radius 3 is 2.50 bits per heavy atom. The van der Waals surface area contributed by atoms with Gasteiger partial charge in [-0.05, 0) is 78.4 Å². The summed E-state index contributed by atoms with van der Waals surface area (Å²) in [7, 11) is 1.41. The summed E-state index contributed by atoms with van der Waals surface area (Å²) in [5, 5.41) is 0. The maximum Gasteiger partial charge on any atom is 0.338 e. The minimum Gasteiger partial charge on any atom is -0.465 e. The third kappa shape index (κ3) is 4.66. The van der Waals surface area contributed by atoms with Crippen LogP contribution >= 0.6 is 0 Å². The molecule has 200 valence electrons. The smallest absolute Gasteiger partial charge is 0.338 e. The van der Waals surface area contributed by atoms with Crippen LogP contribution in [0.25, 0.3) is 44.7 Å². The summed E-state index contributed by atoms with van der Waals surface area (Å²) in [6.07, 6.45) is 1.89. The molecule has 0 N–H and O–H groups in total. The van der Waals surface area contributed by atoms with Gasteiger partial charge >= 0.3 is 5.97 Å². The molecule has 4 aromatic carbocycles. The Hall–Kier alpha value is -4.71. The fourth-order valence-corrected chi connectivity index (χ4v) is 5.31. The molecule has 2 heterocycles. The topological polar surface area (TPSA) is 70.2 Å². The van der Waals surface area contributed by atoms with Gasteiger partial charge in [-0.3, -0.25) is 0 Å². The highest BCUT2D eigenvalue weighted by Gasteiger charge is 2.18. The highest BCUT2D eigenvalue weighted by molar-refractivity contribution is 5.97. The Bertz CT molecular complexity index is 1860. The molecule has 0 aliphatic rings. The van der Waals surface area contributed by atoms with Crippen molar-refractivity contribution in [1.82, 2.24) is 14.5 Å². The lowest BCUT2D eigenvalue weighted by molar-refractivity contribution is 0.0601. The average molecular weight is 530 g/mol. The van der Waals surface area contributed by atoms with E-state index >= 15 is 0 Å². The molecule has 0 aliphatic carbocycles. The highest BCUT2D eigenvalue weighted by atomic mass is 16.5. The van der Waals surface area contributed by atoms with Gasteiger partial charge in [-0.1, -0.05) is 55.5 Å². The van der Waals surface area contributed by atoms with Crippen LogP contribution in [0.1, 0.15) is 46.2 Å². The van der Waals surface area contributed by atoms with Gasteiger partial charge in [-0.2, -0.15) is 0 Å². The zero-order valence-electron chi connectivity index (χ0n) is 23.2. The molecule has 6 nitrogen and oxygen atoms in total. The third-order valence-electron chi connectivity index (χ3n) is 7.33. The number of fused-ring (bicyclic) bond motifs is 2. The lowest BCUT2D eigenvalue weighted by Crippen LogP contribution is -2.05. The van der Waals surface area contributed by atoms with Crippen LogP contribution in [-0.2, 0) is 17.7 Å². The number of hydrogen-bond donors (Lipinski definition) is 0. The van der Waals surface area contributed by atoms with Gasteiger partial charge in [0.25, 0.3) is 0 Å². The van der Waals surface area contributed by atoms with Gasteiger partial charge < -0.3 is 13.7 Å². The molecule has 6 rings (SSSR count). The SMILES string of the molecule is CCCc1nc2c(C)cc(-c3nc4cc(C)ccc4o3)cc2n1Cc1ccc(-c2ccccc2C(=O)OC)cc1. The molecule has 40 heavy (non-hydrogen) atoms. The lowest BCUT2D eigenvalue weighted by Gasteiger charge is -2.12. The van der Waals surface area contributed by atoms with Crippen molar-refractivity contribution >= 4 is 28.1 Å². The molecule has 2 aromatic heterocycles. The number of rotatable bonds is 7. The first-order valence-corrected chi connectivity index (χ1v) is 13.6. The monoisotopic (exact) mass is 529 g/mol. The van der Waals surface area contributed by atoms with Crippen LogP contribution in [0.15, 0.2) is 83.3 Å².